The van der Waals surface area contributed by atoms with Gasteiger partial charge in [-0.1, -0.05) is 26.8 Å². The summed E-state index contributed by atoms with van der Waals surface area (Å²) in [6, 6.07) is 6.16. The number of fused-ring (bicyclic) bond motifs is 2. The highest BCUT2D eigenvalue weighted by Gasteiger charge is 2.28. The van der Waals surface area contributed by atoms with Gasteiger partial charge in [-0.25, -0.2) is 0 Å². The maximum absolute atomic E-state index is 13.1. The Kier molecular flexibility index (Phi) is 6.25. The summed E-state index contributed by atoms with van der Waals surface area (Å²) in [5.41, 5.74) is 4.56. The predicted molar refractivity (Wildman–Crippen MR) is 135 cm³/mol. The van der Waals surface area contributed by atoms with Crippen molar-refractivity contribution in [3.05, 3.63) is 51.6 Å². The molecular formula is C27H32N2O4S. The van der Waals surface area contributed by atoms with Gasteiger partial charge < -0.3 is 19.8 Å². The molecule has 5 rings (SSSR count). The molecule has 0 saturated carbocycles. The number of nitrogens with one attached hydrogen (secondary N) is 2. The first-order chi connectivity index (χ1) is 16.3. The molecule has 2 aliphatic rings. The van der Waals surface area contributed by atoms with E-state index in [-0.39, 0.29) is 29.8 Å². The SMILES string of the molecule is CC(C)(C)c1ccc2occ(CC(=O)Nc3sc4c(c3C(=O)NCC3CCCO3)CCC4)c2c1. The average molecular weight is 481 g/mol. The fraction of sp³-hybridized carbons (Fsp3) is 0.481. The molecule has 180 valence electrons. The van der Waals surface area contributed by atoms with Crippen LogP contribution in [0, 0.1) is 0 Å². The molecule has 34 heavy (non-hydrogen) atoms. The van der Waals surface area contributed by atoms with E-state index >= 15 is 0 Å². The molecule has 1 fully saturated rings. The lowest BCUT2D eigenvalue weighted by atomic mass is 9.86. The van der Waals surface area contributed by atoms with Gasteiger partial charge in [0.2, 0.25) is 5.91 Å². The third kappa shape index (κ3) is 4.64. The molecule has 1 saturated heterocycles. The van der Waals surface area contributed by atoms with Crippen LogP contribution in [0.1, 0.15) is 72.0 Å². The lowest BCUT2D eigenvalue weighted by Crippen LogP contribution is -2.32. The number of furan rings is 1. The molecule has 0 spiro atoms. The van der Waals surface area contributed by atoms with Gasteiger partial charge >= 0.3 is 0 Å². The Morgan fingerprint density at radius 3 is 2.79 bits per heavy atom. The number of aryl methyl sites for hydroxylation is 1. The van der Waals surface area contributed by atoms with Crippen molar-refractivity contribution in [1.29, 1.82) is 0 Å². The van der Waals surface area contributed by atoms with Gasteiger partial charge in [0.25, 0.3) is 5.91 Å². The van der Waals surface area contributed by atoms with Crippen LogP contribution in [-0.2, 0) is 34.2 Å². The van der Waals surface area contributed by atoms with Crippen LogP contribution in [0.15, 0.2) is 28.9 Å². The molecule has 2 aromatic heterocycles. The molecule has 3 aromatic rings. The summed E-state index contributed by atoms with van der Waals surface area (Å²) >= 11 is 1.54. The number of ether oxygens (including phenoxy) is 1. The van der Waals surface area contributed by atoms with Crippen molar-refractivity contribution in [1.82, 2.24) is 5.32 Å². The Hall–Kier alpha value is -2.64. The lowest BCUT2D eigenvalue weighted by molar-refractivity contribution is -0.115. The summed E-state index contributed by atoms with van der Waals surface area (Å²) in [5, 5.41) is 7.70. The number of thiophene rings is 1. The number of hydrogen-bond acceptors (Lipinski definition) is 5. The van der Waals surface area contributed by atoms with Crippen molar-refractivity contribution >= 4 is 39.1 Å². The molecule has 1 unspecified atom stereocenters. The maximum Gasteiger partial charge on any atom is 0.254 e. The normalized spacial score (nSPS) is 17.8. The largest absolute Gasteiger partial charge is 0.464 e. The molecule has 6 nitrogen and oxygen atoms in total. The number of hydrogen-bond donors (Lipinski definition) is 2. The molecule has 3 heterocycles. The fourth-order valence-corrected chi connectivity index (χ4v) is 6.16. The quantitative estimate of drug-likeness (QED) is 0.497. The van der Waals surface area contributed by atoms with Crippen molar-refractivity contribution in [2.24, 2.45) is 0 Å². The second kappa shape index (κ2) is 9.19. The summed E-state index contributed by atoms with van der Waals surface area (Å²) in [4.78, 5) is 27.4. The number of amides is 2. The van der Waals surface area contributed by atoms with Crippen molar-refractivity contribution < 1.29 is 18.7 Å². The zero-order valence-corrected chi connectivity index (χ0v) is 20.9. The van der Waals surface area contributed by atoms with Gasteiger partial charge in [0.05, 0.1) is 24.4 Å². The van der Waals surface area contributed by atoms with Crippen molar-refractivity contribution in [3.8, 4) is 0 Å². The highest BCUT2D eigenvalue weighted by molar-refractivity contribution is 7.17. The van der Waals surface area contributed by atoms with E-state index in [2.05, 4.69) is 43.5 Å². The van der Waals surface area contributed by atoms with Gasteiger partial charge in [0, 0.05) is 29.0 Å². The van der Waals surface area contributed by atoms with E-state index in [0.717, 1.165) is 60.8 Å². The average Bonchev–Trinajstić information content (AvgIpc) is 3.56. The van der Waals surface area contributed by atoms with Gasteiger partial charge in [0.1, 0.15) is 10.6 Å². The van der Waals surface area contributed by atoms with Crippen LogP contribution in [0.5, 0.6) is 0 Å². The van der Waals surface area contributed by atoms with E-state index < -0.39 is 0 Å². The van der Waals surface area contributed by atoms with E-state index in [4.69, 9.17) is 9.15 Å². The molecule has 1 aromatic carbocycles. The van der Waals surface area contributed by atoms with Crippen LogP contribution in [0.25, 0.3) is 11.0 Å². The standard InChI is InChI=1S/C27H32N2O4S/c1-27(2,3)17-9-10-21-20(13-17)16(15-33-21)12-23(30)29-26-24(19-7-4-8-22(19)34-26)25(31)28-14-18-6-5-11-32-18/h9-10,13,15,18H,4-8,11-12,14H2,1-3H3,(H,28,31)(H,29,30). The number of rotatable bonds is 6. The summed E-state index contributed by atoms with van der Waals surface area (Å²) < 4.78 is 11.3. The minimum absolute atomic E-state index is 0.00825. The smallest absolute Gasteiger partial charge is 0.254 e. The first-order valence-corrected chi connectivity index (χ1v) is 13.0. The van der Waals surface area contributed by atoms with Crippen LogP contribution in [0.3, 0.4) is 0 Å². The first kappa shape index (κ1) is 23.1. The van der Waals surface area contributed by atoms with Crippen LogP contribution in [-0.4, -0.2) is 31.1 Å². The molecular weight excluding hydrogens is 448 g/mol. The van der Waals surface area contributed by atoms with Crippen molar-refractivity contribution in [3.63, 3.8) is 0 Å². The van der Waals surface area contributed by atoms with E-state index in [9.17, 15) is 9.59 Å². The lowest BCUT2D eigenvalue weighted by Gasteiger charge is -2.18. The molecule has 0 radical (unpaired) electrons. The molecule has 1 aliphatic carbocycles. The second-order valence-electron chi connectivity index (χ2n) is 10.4. The Morgan fingerprint density at radius 1 is 1.18 bits per heavy atom. The third-order valence-electron chi connectivity index (χ3n) is 6.79. The van der Waals surface area contributed by atoms with Gasteiger partial charge in [-0.2, -0.15) is 0 Å². The minimum atomic E-state index is -0.142. The van der Waals surface area contributed by atoms with E-state index in [0.29, 0.717) is 17.1 Å². The Labute approximate surface area is 204 Å². The number of benzene rings is 1. The fourth-order valence-electron chi connectivity index (χ4n) is 4.86. The Morgan fingerprint density at radius 2 is 2.03 bits per heavy atom. The summed E-state index contributed by atoms with van der Waals surface area (Å²) in [6.45, 7) is 7.77. The second-order valence-corrected chi connectivity index (χ2v) is 11.5. The zero-order chi connectivity index (χ0) is 23.9. The molecule has 2 amide bonds. The van der Waals surface area contributed by atoms with Crippen LogP contribution < -0.4 is 10.6 Å². The van der Waals surface area contributed by atoms with Crippen LogP contribution in [0.2, 0.25) is 0 Å². The minimum Gasteiger partial charge on any atom is -0.464 e. The number of carbonyl (C=O) groups excluding carboxylic acids is 2. The zero-order valence-electron chi connectivity index (χ0n) is 20.1. The molecule has 1 aliphatic heterocycles. The molecule has 0 bridgehead atoms. The van der Waals surface area contributed by atoms with Gasteiger partial charge in [0.15, 0.2) is 0 Å². The summed E-state index contributed by atoms with van der Waals surface area (Å²) in [6.07, 6.45) is 6.85. The highest BCUT2D eigenvalue weighted by Crippen LogP contribution is 2.39. The topological polar surface area (TPSA) is 80.6 Å². The number of carbonyl (C=O) groups is 2. The molecule has 2 N–H and O–H groups in total. The molecule has 7 heteroatoms. The van der Waals surface area contributed by atoms with Crippen molar-refractivity contribution in [2.45, 2.75) is 70.8 Å². The predicted octanol–water partition coefficient (Wildman–Crippen LogP) is 5.37. The molecule has 1 atom stereocenters. The highest BCUT2D eigenvalue weighted by atomic mass is 32.1. The van der Waals surface area contributed by atoms with Crippen LogP contribution in [0.4, 0.5) is 5.00 Å². The van der Waals surface area contributed by atoms with Crippen LogP contribution >= 0.6 is 11.3 Å². The third-order valence-corrected chi connectivity index (χ3v) is 7.99. The Bertz CT molecular complexity index is 1230. The van der Waals surface area contributed by atoms with Gasteiger partial charge in [-0.15, -0.1) is 11.3 Å². The van der Waals surface area contributed by atoms with Gasteiger partial charge in [-0.3, -0.25) is 9.59 Å². The maximum atomic E-state index is 13.1. The van der Waals surface area contributed by atoms with Crippen molar-refractivity contribution in [2.75, 3.05) is 18.5 Å². The van der Waals surface area contributed by atoms with Gasteiger partial charge in [-0.05, 0) is 60.8 Å². The van der Waals surface area contributed by atoms with E-state index in [1.807, 2.05) is 6.07 Å². The summed E-state index contributed by atoms with van der Waals surface area (Å²) in [5.74, 6) is -0.259. The Balaban J connectivity index is 1.33. The van der Waals surface area contributed by atoms with E-state index in [1.165, 1.54) is 21.8 Å². The monoisotopic (exact) mass is 480 g/mol. The van der Waals surface area contributed by atoms with E-state index in [1.54, 1.807) is 6.26 Å². The summed E-state index contributed by atoms with van der Waals surface area (Å²) in [7, 11) is 0. The first-order valence-electron chi connectivity index (χ1n) is 12.1. The number of anilines is 1.